The third-order valence-corrected chi connectivity index (χ3v) is 8.11. The number of carbonyl (C=O) groups is 2. The van der Waals surface area contributed by atoms with Crippen molar-refractivity contribution in [3.8, 4) is 11.3 Å². The maximum atomic E-state index is 13.4. The summed E-state index contributed by atoms with van der Waals surface area (Å²) in [5.74, 6) is 0.901. The van der Waals surface area contributed by atoms with Crippen LogP contribution in [0.5, 0.6) is 0 Å². The molecule has 0 N–H and O–H groups in total. The molecule has 204 valence electrons. The number of hydrogen-bond donors (Lipinski definition) is 0. The van der Waals surface area contributed by atoms with Crippen LogP contribution in [0, 0.1) is 19.8 Å². The Hall–Kier alpha value is -3.45. The molecule has 3 fully saturated rings. The molecule has 0 radical (unpaired) electrons. The first kappa shape index (κ1) is 25.8. The predicted octanol–water partition coefficient (Wildman–Crippen LogP) is 6.50. The summed E-state index contributed by atoms with van der Waals surface area (Å²) in [5.41, 5.74) is 6.06. The van der Waals surface area contributed by atoms with Crippen LogP contribution >= 0.6 is 0 Å². The molecule has 0 unspecified atom stereocenters. The van der Waals surface area contributed by atoms with E-state index in [0.29, 0.717) is 18.1 Å². The molecule has 6 rings (SSSR count). The predicted molar refractivity (Wildman–Crippen MR) is 148 cm³/mol. The van der Waals surface area contributed by atoms with Crippen molar-refractivity contribution >= 4 is 17.6 Å². The molecule has 1 aromatic heterocycles. The normalized spacial score (nSPS) is 22.5. The second kappa shape index (κ2) is 9.63. The second-order valence-electron chi connectivity index (χ2n) is 12.3. The van der Waals surface area contributed by atoms with Gasteiger partial charge in [-0.05, 0) is 95.7 Å². The van der Waals surface area contributed by atoms with Crippen molar-refractivity contribution in [2.75, 3.05) is 4.90 Å². The summed E-state index contributed by atoms with van der Waals surface area (Å²) < 4.78 is 17.8. The highest BCUT2D eigenvalue weighted by Gasteiger charge is 2.52. The van der Waals surface area contributed by atoms with Gasteiger partial charge in [0.05, 0.1) is 24.2 Å². The molecule has 7 nitrogen and oxygen atoms in total. The molecule has 39 heavy (non-hydrogen) atoms. The zero-order valence-corrected chi connectivity index (χ0v) is 23.3. The molecule has 7 heteroatoms. The standard InChI is InChI=1S/C32H36N2O5/c1-18-7-6-8-19(2)27(18)28-25(29(39-33-28)20-9-10-20)17-37-26-16-23-15-24(26)30(35)34(23)22-13-11-21(12-14-22)31(36)38-32(3,4)5/h6-8,11-14,20,23-24,26H,9-10,15-17H2,1-5H3/t23-,24+,26+/m0/s1. The van der Waals surface area contributed by atoms with E-state index in [2.05, 4.69) is 37.2 Å². The number of amides is 1. The van der Waals surface area contributed by atoms with Crippen molar-refractivity contribution in [2.45, 2.75) is 90.6 Å². The summed E-state index contributed by atoms with van der Waals surface area (Å²) >= 11 is 0. The molecule has 2 bridgehead atoms. The van der Waals surface area contributed by atoms with E-state index in [4.69, 9.17) is 14.0 Å². The van der Waals surface area contributed by atoms with Crippen molar-refractivity contribution in [2.24, 2.45) is 5.92 Å². The summed E-state index contributed by atoms with van der Waals surface area (Å²) in [6.45, 7) is 10.1. The Morgan fingerprint density at radius 3 is 2.36 bits per heavy atom. The zero-order valence-electron chi connectivity index (χ0n) is 23.3. The van der Waals surface area contributed by atoms with Crippen LogP contribution in [0.2, 0.25) is 0 Å². The van der Waals surface area contributed by atoms with Crippen LogP contribution in [0.4, 0.5) is 5.69 Å². The third kappa shape index (κ3) is 4.89. The number of nitrogens with zero attached hydrogens (tertiary/aromatic N) is 2. The number of ether oxygens (including phenoxy) is 2. The average Bonchev–Trinajstić information content (AvgIpc) is 3.38. The quantitative estimate of drug-likeness (QED) is 0.326. The van der Waals surface area contributed by atoms with Crippen molar-refractivity contribution < 1.29 is 23.6 Å². The number of carbonyl (C=O) groups excluding carboxylic acids is 2. The van der Waals surface area contributed by atoms with E-state index in [9.17, 15) is 9.59 Å². The van der Waals surface area contributed by atoms with Gasteiger partial charge in [-0.3, -0.25) is 4.79 Å². The topological polar surface area (TPSA) is 81.9 Å². The lowest BCUT2D eigenvalue weighted by Gasteiger charge is -2.31. The molecule has 3 atom stereocenters. The van der Waals surface area contributed by atoms with Crippen molar-refractivity contribution in [3.05, 3.63) is 70.5 Å². The van der Waals surface area contributed by atoms with Crippen LogP contribution < -0.4 is 4.90 Å². The zero-order chi connectivity index (χ0) is 27.5. The molecule has 2 aromatic carbocycles. The number of hydrogen-bond acceptors (Lipinski definition) is 6. The van der Waals surface area contributed by atoms with Crippen LogP contribution in [0.15, 0.2) is 47.0 Å². The van der Waals surface area contributed by atoms with E-state index in [1.165, 1.54) is 0 Å². The Morgan fingerprint density at radius 1 is 1.05 bits per heavy atom. The van der Waals surface area contributed by atoms with Gasteiger partial charge in [0.25, 0.3) is 0 Å². The number of anilines is 1. The number of aromatic nitrogens is 1. The highest BCUT2D eigenvalue weighted by Crippen LogP contribution is 2.47. The fraction of sp³-hybridized carbons (Fsp3) is 0.469. The van der Waals surface area contributed by atoms with E-state index < -0.39 is 5.60 Å². The van der Waals surface area contributed by atoms with Gasteiger partial charge in [-0.2, -0.15) is 0 Å². The minimum absolute atomic E-state index is 0.0864. The number of piperidine rings is 1. The van der Waals surface area contributed by atoms with Crippen LogP contribution in [-0.2, 0) is 20.9 Å². The summed E-state index contributed by atoms with van der Waals surface area (Å²) in [4.78, 5) is 27.7. The summed E-state index contributed by atoms with van der Waals surface area (Å²) in [7, 11) is 0. The largest absolute Gasteiger partial charge is 0.456 e. The van der Waals surface area contributed by atoms with Crippen molar-refractivity contribution in [1.29, 1.82) is 0 Å². The summed E-state index contributed by atoms with van der Waals surface area (Å²) in [5, 5.41) is 4.50. The van der Waals surface area contributed by atoms with Gasteiger partial charge in [0, 0.05) is 28.8 Å². The van der Waals surface area contributed by atoms with Gasteiger partial charge >= 0.3 is 5.97 Å². The lowest BCUT2D eigenvalue weighted by Crippen LogP contribution is -2.43. The molecule has 1 amide bonds. The van der Waals surface area contributed by atoms with Gasteiger partial charge in [-0.1, -0.05) is 23.4 Å². The third-order valence-electron chi connectivity index (χ3n) is 8.11. The van der Waals surface area contributed by atoms with Gasteiger partial charge in [0.1, 0.15) is 17.1 Å². The lowest BCUT2D eigenvalue weighted by atomic mass is 9.96. The van der Waals surface area contributed by atoms with E-state index in [1.807, 2.05) is 37.8 Å². The Morgan fingerprint density at radius 2 is 1.74 bits per heavy atom. The summed E-state index contributed by atoms with van der Waals surface area (Å²) in [6, 6.07) is 13.5. The van der Waals surface area contributed by atoms with Gasteiger partial charge in [0.2, 0.25) is 5.91 Å². The van der Waals surface area contributed by atoms with E-state index in [1.54, 1.807) is 12.1 Å². The highest BCUT2D eigenvalue weighted by atomic mass is 16.6. The second-order valence-corrected chi connectivity index (χ2v) is 12.3. The monoisotopic (exact) mass is 528 g/mol. The summed E-state index contributed by atoms with van der Waals surface area (Å²) in [6.07, 6.45) is 3.66. The first-order valence-corrected chi connectivity index (χ1v) is 13.9. The maximum Gasteiger partial charge on any atom is 0.338 e. The Bertz CT molecular complexity index is 1390. The van der Waals surface area contributed by atoms with E-state index in [-0.39, 0.29) is 29.9 Å². The van der Waals surface area contributed by atoms with Crippen LogP contribution in [0.3, 0.4) is 0 Å². The minimum atomic E-state index is -0.555. The lowest BCUT2D eigenvalue weighted by molar-refractivity contribution is -0.126. The van der Waals surface area contributed by atoms with Crippen molar-refractivity contribution in [1.82, 2.24) is 5.16 Å². The Labute approximate surface area is 229 Å². The molecule has 2 aliphatic carbocycles. The molecule has 1 saturated heterocycles. The van der Waals surface area contributed by atoms with Gasteiger partial charge < -0.3 is 18.9 Å². The highest BCUT2D eigenvalue weighted by molar-refractivity contribution is 6.00. The smallest absolute Gasteiger partial charge is 0.338 e. The number of aryl methyl sites for hydroxylation is 2. The average molecular weight is 529 g/mol. The number of rotatable bonds is 7. The molecule has 0 spiro atoms. The van der Waals surface area contributed by atoms with E-state index >= 15 is 0 Å². The van der Waals surface area contributed by atoms with E-state index in [0.717, 1.165) is 65.1 Å². The molecule has 2 saturated carbocycles. The van der Waals surface area contributed by atoms with Crippen LogP contribution in [-0.4, -0.2) is 34.8 Å². The van der Waals surface area contributed by atoms with Gasteiger partial charge in [-0.25, -0.2) is 4.79 Å². The molecule has 3 aromatic rings. The maximum absolute atomic E-state index is 13.4. The Kier molecular flexibility index (Phi) is 6.37. The Balaban J connectivity index is 1.16. The molecular weight excluding hydrogens is 492 g/mol. The molecule has 2 heterocycles. The molecular formula is C32H36N2O5. The van der Waals surface area contributed by atoms with Gasteiger partial charge in [0.15, 0.2) is 0 Å². The van der Waals surface area contributed by atoms with Crippen molar-refractivity contribution in [3.63, 3.8) is 0 Å². The minimum Gasteiger partial charge on any atom is -0.456 e. The first-order valence-electron chi connectivity index (χ1n) is 13.9. The molecule has 3 aliphatic rings. The fourth-order valence-electron chi connectivity index (χ4n) is 6.12. The fourth-order valence-corrected chi connectivity index (χ4v) is 6.12. The first-order chi connectivity index (χ1) is 18.6. The SMILES string of the molecule is Cc1cccc(C)c1-c1noc(C2CC2)c1CO[C@@H]1C[C@@H]2C[C@H]1C(=O)N2c1ccc(C(=O)OC(C)(C)C)cc1. The number of fused-ring (bicyclic) bond motifs is 2. The van der Waals surface area contributed by atoms with Crippen LogP contribution in [0.1, 0.15) is 85.2 Å². The van der Waals surface area contributed by atoms with Crippen LogP contribution in [0.25, 0.3) is 11.3 Å². The number of benzene rings is 2. The molecule has 1 aliphatic heterocycles. The number of esters is 1. The van der Waals surface area contributed by atoms with Gasteiger partial charge in [-0.15, -0.1) is 0 Å².